The van der Waals surface area contributed by atoms with Gasteiger partial charge in [0.2, 0.25) is 0 Å². The molecule has 1 amide bonds. The molecule has 8 heteroatoms. The van der Waals surface area contributed by atoms with Gasteiger partial charge in [-0.2, -0.15) is 0 Å². The van der Waals surface area contributed by atoms with Gasteiger partial charge in [0, 0.05) is 12.1 Å². The van der Waals surface area contributed by atoms with Crippen LogP contribution in [0.3, 0.4) is 0 Å². The first kappa shape index (κ1) is 17.1. The fourth-order valence-electron chi connectivity index (χ4n) is 2.74. The van der Waals surface area contributed by atoms with Gasteiger partial charge in [-0.3, -0.25) is 4.79 Å². The number of phenols is 1. The fraction of sp³-hybridized carbons (Fsp3) is 0.235. The van der Waals surface area contributed by atoms with Crippen molar-refractivity contribution in [1.29, 1.82) is 0 Å². The number of fused-ring (bicyclic) bond motifs is 1. The minimum atomic E-state index is -3.98. The highest BCUT2D eigenvalue weighted by molar-refractivity contribution is 7.89. The molecule has 0 radical (unpaired) electrons. The number of hydrogen-bond acceptors (Lipinski definition) is 6. The highest BCUT2D eigenvalue weighted by Gasteiger charge is 2.35. The number of sulfonamides is 1. The molecule has 0 unspecified atom stereocenters. The minimum absolute atomic E-state index is 0.00592. The van der Waals surface area contributed by atoms with E-state index < -0.39 is 15.9 Å². The van der Waals surface area contributed by atoms with Gasteiger partial charge in [0.1, 0.15) is 5.75 Å². The van der Waals surface area contributed by atoms with Gasteiger partial charge in [-0.15, -0.1) is 0 Å². The van der Waals surface area contributed by atoms with E-state index in [1.54, 1.807) is 0 Å². The van der Waals surface area contributed by atoms with Gasteiger partial charge in [0.25, 0.3) is 15.9 Å². The maximum absolute atomic E-state index is 12.8. The second-order valence-corrected chi connectivity index (χ2v) is 7.35. The predicted molar refractivity (Wildman–Crippen MR) is 89.6 cm³/mol. The highest BCUT2D eigenvalue weighted by Crippen LogP contribution is 2.34. The number of benzene rings is 2. The Hall–Kier alpha value is -2.74. The largest absolute Gasteiger partial charge is 0.504 e. The van der Waals surface area contributed by atoms with Crippen LogP contribution in [-0.2, 0) is 16.4 Å². The summed E-state index contributed by atoms with van der Waals surface area (Å²) in [4.78, 5) is 12.7. The number of ether oxygens (including phenoxy) is 2. The van der Waals surface area contributed by atoms with Gasteiger partial charge in [-0.05, 0) is 48.4 Å². The van der Waals surface area contributed by atoms with Crippen molar-refractivity contribution >= 4 is 15.9 Å². The summed E-state index contributed by atoms with van der Waals surface area (Å²) >= 11 is 0. The van der Waals surface area contributed by atoms with E-state index in [1.165, 1.54) is 50.6 Å². The lowest BCUT2D eigenvalue weighted by molar-refractivity contribution is 0.0849. The van der Waals surface area contributed by atoms with Crippen molar-refractivity contribution in [1.82, 2.24) is 4.31 Å². The smallest absolute Gasteiger partial charge is 0.268 e. The molecule has 0 bridgehead atoms. The van der Waals surface area contributed by atoms with Gasteiger partial charge < -0.3 is 14.6 Å². The summed E-state index contributed by atoms with van der Waals surface area (Å²) in [5, 5.41) is 9.83. The van der Waals surface area contributed by atoms with Crippen molar-refractivity contribution in [2.75, 3.05) is 20.8 Å². The summed E-state index contributed by atoms with van der Waals surface area (Å²) in [5.41, 5.74) is 0.794. The van der Waals surface area contributed by atoms with Crippen LogP contribution in [0.5, 0.6) is 17.2 Å². The number of aromatic hydroxyl groups is 1. The zero-order valence-corrected chi connectivity index (χ0v) is 14.5. The zero-order chi connectivity index (χ0) is 18.2. The van der Waals surface area contributed by atoms with E-state index in [-0.39, 0.29) is 28.5 Å². The van der Waals surface area contributed by atoms with Gasteiger partial charge in [-0.1, -0.05) is 0 Å². The van der Waals surface area contributed by atoms with Gasteiger partial charge in [-0.25, -0.2) is 12.7 Å². The van der Waals surface area contributed by atoms with Crippen molar-refractivity contribution in [3.8, 4) is 17.2 Å². The number of nitrogens with zero attached hydrogens (tertiary/aromatic N) is 1. The standard InChI is InChI=1S/C17H17NO6S/c1-23-12-3-5-13(6-4-12)25(21,22)18-8-7-11-9-15(19)16(24-2)10-14(11)17(18)20/h3-6,9-10,19H,7-8H2,1-2H3. The Morgan fingerprint density at radius 3 is 2.36 bits per heavy atom. The lowest BCUT2D eigenvalue weighted by atomic mass is 9.99. The second-order valence-electron chi connectivity index (χ2n) is 5.49. The van der Waals surface area contributed by atoms with Crippen LogP contribution >= 0.6 is 0 Å². The van der Waals surface area contributed by atoms with Gasteiger partial charge in [0.15, 0.2) is 11.5 Å². The number of phenolic OH excluding ortho intramolecular Hbond substituents is 1. The van der Waals surface area contributed by atoms with Crippen molar-refractivity contribution in [2.45, 2.75) is 11.3 Å². The molecule has 3 rings (SSSR count). The van der Waals surface area contributed by atoms with E-state index in [9.17, 15) is 18.3 Å². The van der Waals surface area contributed by atoms with Crippen LogP contribution < -0.4 is 9.47 Å². The molecule has 0 aliphatic carbocycles. The molecule has 2 aromatic rings. The van der Waals surface area contributed by atoms with E-state index in [0.29, 0.717) is 17.7 Å². The summed E-state index contributed by atoms with van der Waals surface area (Å²) in [6, 6.07) is 8.64. The Bertz CT molecular complexity index is 921. The number of carbonyl (C=O) groups excluding carboxylic acids is 1. The number of rotatable bonds is 4. The summed E-state index contributed by atoms with van der Waals surface area (Å²) in [6.07, 6.45) is 0.314. The fourth-order valence-corrected chi connectivity index (χ4v) is 4.13. The molecule has 1 N–H and O–H groups in total. The van der Waals surface area contributed by atoms with Gasteiger partial charge in [0.05, 0.1) is 19.1 Å². The number of carbonyl (C=O) groups is 1. The molecule has 1 heterocycles. The van der Waals surface area contributed by atoms with Crippen molar-refractivity contribution < 1.29 is 27.8 Å². The molecular formula is C17H17NO6S. The number of amides is 1. The Morgan fingerprint density at radius 2 is 1.76 bits per heavy atom. The predicted octanol–water partition coefficient (Wildman–Crippen LogP) is 1.80. The van der Waals surface area contributed by atoms with Crippen molar-refractivity contribution in [3.63, 3.8) is 0 Å². The molecule has 0 spiro atoms. The molecule has 2 aromatic carbocycles. The van der Waals surface area contributed by atoms with Gasteiger partial charge >= 0.3 is 0 Å². The Kier molecular flexibility index (Phi) is 4.30. The third-order valence-corrected chi connectivity index (χ3v) is 5.89. The summed E-state index contributed by atoms with van der Waals surface area (Å²) in [7, 11) is -1.14. The molecule has 0 fully saturated rings. The molecule has 0 saturated carbocycles. The summed E-state index contributed by atoms with van der Waals surface area (Å²) in [5.74, 6) is -0.0823. The lowest BCUT2D eigenvalue weighted by Gasteiger charge is -2.28. The summed E-state index contributed by atoms with van der Waals surface area (Å²) in [6.45, 7) is 0.00592. The highest BCUT2D eigenvalue weighted by atomic mass is 32.2. The Morgan fingerprint density at radius 1 is 1.08 bits per heavy atom. The normalized spacial score (nSPS) is 14.2. The van der Waals surface area contributed by atoms with E-state index >= 15 is 0 Å². The molecule has 1 aliphatic heterocycles. The number of hydrogen-bond donors (Lipinski definition) is 1. The Labute approximate surface area is 145 Å². The molecule has 0 aromatic heterocycles. The minimum Gasteiger partial charge on any atom is -0.504 e. The molecule has 132 valence electrons. The summed E-state index contributed by atoms with van der Waals surface area (Å²) < 4.78 is 36.5. The van der Waals surface area contributed by atoms with Crippen LogP contribution in [0.15, 0.2) is 41.3 Å². The van der Waals surface area contributed by atoms with E-state index in [1.807, 2.05) is 0 Å². The molecule has 7 nitrogen and oxygen atoms in total. The van der Waals surface area contributed by atoms with E-state index in [2.05, 4.69) is 0 Å². The third-order valence-electron chi connectivity index (χ3n) is 4.09. The van der Waals surface area contributed by atoms with Crippen LogP contribution in [0.4, 0.5) is 0 Å². The monoisotopic (exact) mass is 363 g/mol. The van der Waals surface area contributed by atoms with Crippen molar-refractivity contribution in [2.24, 2.45) is 0 Å². The van der Waals surface area contributed by atoms with E-state index in [4.69, 9.17) is 9.47 Å². The first-order valence-electron chi connectivity index (χ1n) is 7.49. The average Bonchev–Trinajstić information content (AvgIpc) is 2.61. The molecular weight excluding hydrogens is 346 g/mol. The molecule has 1 aliphatic rings. The van der Waals surface area contributed by atoms with E-state index in [0.717, 1.165) is 4.31 Å². The maximum atomic E-state index is 12.8. The third kappa shape index (κ3) is 2.89. The Balaban J connectivity index is 2.00. The average molecular weight is 363 g/mol. The number of methoxy groups -OCH3 is 2. The quantitative estimate of drug-likeness (QED) is 0.890. The molecule has 0 saturated heterocycles. The molecule has 0 atom stereocenters. The van der Waals surface area contributed by atoms with Crippen LogP contribution in [-0.4, -0.2) is 44.5 Å². The SMILES string of the molecule is COc1ccc(S(=O)(=O)N2CCc3cc(O)c(OC)cc3C2=O)cc1. The van der Waals surface area contributed by atoms with Crippen LogP contribution in [0.25, 0.3) is 0 Å². The van der Waals surface area contributed by atoms with Crippen LogP contribution in [0, 0.1) is 0 Å². The van der Waals surface area contributed by atoms with Crippen LogP contribution in [0.1, 0.15) is 15.9 Å². The second kappa shape index (κ2) is 6.29. The topological polar surface area (TPSA) is 93.1 Å². The first-order chi connectivity index (χ1) is 11.9. The first-order valence-corrected chi connectivity index (χ1v) is 8.93. The van der Waals surface area contributed by atoms with Crippen LogP contribution in [0.2, 0.25) is 0 Å². The zero-order valence-electron chi connectivity index (χ0n) is 13.7. The lowest BCUT2D eigenvalue weighted by Crippen LogP contribution is -2.41. The molecule has 25 heavy (non-hydrogen) atoms. The maximum Gasteiger partial charge on any atom is 0.268 e. The van der Waals surface area contributed by atoms with Crippen molar-refractivity contribution in [3.05, 3.63) is 47.5 Å².